The van der Waals surface area contributed by atoms with Crippen molar-refractivity contribution in [2.75, 3.05) is 6.54 Å². The highest BCUT2D eigenvalue weighted by atomic mass is 19.1. The first-order valence-corrected chi connectivity index (χ1v) is 6.99. The van der Waals surface area contributed by atoms with Gasteiger partial charge >= 0.3 is 0 Å². The van der Waals surface area contributed by atoms with Gasteiger partial charge in [0.2, 0.25) is 0 Å². The summed E-state index contributed by atoms with van der Waals surface area (Å²) in [4.78, 5) is 19.7. The predicted octanol–water partition coefficient (Wildman–Crippen LogP) is 2.84. The third kappa shape index (κ3) is 2.55. The number of aromatic amines is 1. The molecule has 2 aromatic rings. The average molecular weight is 287 g/mol. The molecule has 1 amide bonds. The molecule has 5 heteroatoms. The van der Waals surface area contributed by atoms with E-state index in [-0.39, 0.29) is 17.1 Å². The molecule has 0 fully saturated rings. The third-order valence-corrected chi connectivity index (χ3v) is 3.81. The molecular weight excluding hydrogens is 269 g/mol. The lowest BCUT2D eigenvalue weighted by Gasteiger charge is -2.21. The van der Waals surface area contributed by atoms with Crippen molar-refractivity contribution in [2.24, 2.45) is 5.41 Å². The number of halogens is 1. The van der Waals surface area contributed by atoms with Crippen LogP contribution in [0.15, 0.2) is 18.2 Å². The molecule has 0 aliphatic carbocycles. The van der Waals surface area contributed by atoms with Gasteiger partial charge in [0.1, 0.15) is 17.3 Å². The monoisotopic (exact) mass is 287 g/mol. The first kappa shape index (κ1) is 13.8. The normalized spacial score (nSPS) is 17.0. The zero-order valence-electron chi connectivity index (χ0n) is 12.4. The fourth-order valence-corrected chi connectivity index (χ4v) is 2.60. The molecule has 110 valence electrons. The van der Waals surface area contributed by atoms with E-state index in [9.17, 15) is 9.18 Å². The van der Waals surface area contributed by atoms with Gasteiger partial charge in [0.25, 0.3) is 5.91 Å². The smallest absolute Gasteiger partial charge is 0.271 e. The van der Waals surface area contributed by atoms with Gasteiger partial charge in [-0.2, -0.15) is 0 Å². The Kier molecular flexibility index (Phi) is 3.08. The van der Waals surface area contributed by atoms with E-state index in [0.717, 1.165) is 17.7 Å². The maximum atomic E-state index is 13.4. The lowest BCUT2D eigenvalue weighted by molar-refractivity contribution is 0.0940. The summed E-state index contributed by atoms with van der Waals surface area (Å²) in [6.07, 6.45) is 0.744. The van der Waals surface area contributed by atoms with Crippen molar-refractivity contribution in [3.63, 3.8) is 0 Å². The number of rotatable bonds is 1. The predicted molar refractivity (Wildman–Crippen MR) is 78.5 cm³/mol. The average Bonchev–Trinajstić information content (AvgIpc) is 2.78. The Morgan fingerprint density at radius 1 is 1.33 bits per heavy atom. The number of hydrogen-bond donors (Lipinski definition) is 2. The summed E-state index contributed by atoms with van der Waals surface area (Å²) in [6.45, 7) is 6.54. The molecule has 3 rings (SSSR count). The van der Waals surface area contributed by atoms with Crippen LogP contribution >= 0.6 is 0 Å². The second-order valence-corrected chi connectivity index (χ2v) is 6.40. The van der Waals surface area contributed by atoms with Crippen LogP contribution in [-0.2, 0) is 6.42 Å². The van der Waals surface area contributed by atoms with Crippen molar-refractivity contribution < 1.29 is 9.18 Å². The van der Waals surface area contributed by atoms with Crippen LogP contribution in [-0.4, -0.2) is 22.4 Å². The van der Waals surface area contributed by atoms with Crippen LogP contribution in [0.2, 0.25) is 0 Å². The van der Waals surface area contributed by atoms with E-state index in [1.807, 2.05) is 0 Å². The van der Waals surface area contributed by atoms with Gasteiger partial charge in [-0.3, -0.25) is 4.79 Å². The van der Waals surface area contributed by atoms with Crippen LogP contribution in [0.1, 0.15) is 35.6 Å². The second-order valence-electron chi connectivity index (χ2n) is 6.40. The van der Waals surface area contributed by atoms with Gasteiger partial charge in [0, 0.05) is 17.8 Å². The van der Waals surface area contributed by atoms with Gasteiger partial charge < -0.3 is 10.3 Å². The zero-order valence-corrected chi connectivity index (χ0v) is 12.4. The number of amides is 1. The minimum Gasteiger partial charge on any atom is -0.350 e. The fraction of sp³-hybridized carbons (Fsp3) is 0.375. The largest absolute Gasteiger partial charge is 0.350 e. The molecule has 0 spiro atoms. The van der Waals surface area contributed by atoms with E-state index in [0.29, 0.717) is 23.6 Å². The SMILES string of the molecule is Cc1cc(-c2nc3c([nH]2)CC(C)(C)CNC3=O)ccc1F. The van der Waals surface area contributed by atoms with E-state index in [4.69, 9.17) is 0 Å². The Labute approximate surface area is 122 Å². The molecule has 0 saturated carbocycles. The highest BCUT2D eigenvalue weighted by molar-refractivity contribution is 5.94. The number of nitrogens with zero attached hydrogens (tertiary/aromatic N) is 1. The number of carbonyl (C=O) groups excluding carboxylic acids is 1. The molecule has 2 heterocycles. The highest BCUT2D eigenvalue weighted by Gasteiger charge is 2.30. The van der Waals surface area contributed by atoms with Crippen LogP contribution in [0, 0.1) is 18.2 Å². The van der Waals surface area contributed by atoms with Gasteiger partial charge in [-0.1, -0.05) is 13.8 Å². The highest BCUT2D eigenvalue weighted by Crippen LogP contribution is 2.28. The van der Waals surface area contributed by atoms with Gasteiger partial charge in [0.05, 0.1) is 0 Å². The molecule has 0 radical (unpaired) electrons. The molecular formula is C16H18FN3O. The molecule has 0 unspecified atom stereocenters. The number of fused-ring (bicyclic) bond motifs is 1. The number of imidazole rings is 1. The second kappa shape index (κ2) is 4.69. The molecule has 1 aromatic carbocycles. The number of carbonyl (C=O) groups is 1. The first-order chi connectivity index (χ1) is 9.85. The molecule has 4 nitrogen and oxygen atoms in total. The molecule has 1 aliphatic heterocycles. The number of nitrogens with one attached hydrogen (secondary N) is 2. The lowest BCUT2D eigenvalue weighted by atomic mass is 9.88. The van der Waals surface area contributed by atoms with Crippen molar-refractivity contribution in [1.29, 1.82) is 0 Å². The van der Waals surface area contributed by atoms with Crippen molar-refractivity contribution in [2.45, 2.75) is 27.2 Å². The van der Waals surface area contributed by atoms with Crippen molar-refractivity contribution in [1.82, 2.24) is 15.3 Å². The summed E-state index contributed by atoms with van der Waals surface area (Å²) >= 11 is 0. The number of benzene rings is 1. The van der Waals surface area contributed by atoms with Crippen molar-refractivity contribution in [3.8, 4) is 11.4 Å². The molecule has 1 aliphatic rings. The van der Waals surface area contributed by atoms with Gasteiger partial charge in [-0.05, 0) is 42.5 Å². The Morgan fingerprint density at radius 3 is 2.81 bits per heavy atom. The van der Waals surface area contributed by atoms with Crippen LogP contribution in [0.3, 0.4) is 0 Å². The minimum absolute atomic E-state index is 0.0244. The van der Waals surface area contributed by atoms with E-state index < -0.39 is 0 Å². The minimum atomic E-state index is -0.245. The summed E-state index contributed by atoms with van der Waals surface area (Å²) in [5, 5.41) is 2.89. The number of hydrogen-bond acceptors (Lipinski definition) is 2. The molecule has 0 saturated heterocycles. The topological polar surface area (TPSA) is 57.8 Å². The van der Waals surface area contributed by atoms with Crippen LogP contribution in [0.4, 0.5) is 4.39 Å². The summed E-state index contributed by atoms with van der Waals surface area (Å²) in [7, 11) is 0. The summed E-state index contributed by atoms with van der Waals surface area (Å²) < 4.78 is 13.4. The zero-order chi connectivity index (χ0) is 15.2. The summed E-state index contributed by atoms with van der Waals surface area (Å²) in [6, 6.07) is 4.82. The molecule has 0 bridgehead atoms. The summed E-state index contributed by atoms with van der Waals surface area (Å²) in [5.74, 6) is 0.207. The van der Waals surface area contributed by atoms with E-state index in [2.05, 4.69) is 29.1 Å². The van der Waals surface area contributed by atoms with E-state index in [1.165, 1.54) is 6.07 Å². The lowest BCUT2D eigenvalue weighted by Crippen LogP contribution is -2.32. The maximum Gasteiger partial charge on any atom is 0.271 e. The number of aryl methyl sites for hydroxylation is 1. The first-order valence-electron chi connectivity index (χ1n) is 6.99. The number of H-pyrrole nitrogens is 1. The standard InChI is InChI=1S/C16H18FN3O/c1-9-6-10(4-5-11(9)17)14-19-12-7-16(2,3)8-18-15(21)13(12)20-14/h4-6H,7-8H2,1-3H3,(H,18,21)(H,19,20). The third-order valence-electron chi connectivity index (χ3n) is 3.81. The number of aromatic nitrogens is 2. The van der Waals surface area contributed by atoms with Crippen LogP contribution < -0.4 is 5.32 Å². The molecule has 21 heavy (non-hydrogen) atoms. The Morgan fingerprint density at radius 2 is 2.10 bits per heavy atom. The van der Waals surface area contributed by atoms with E-state index >= 15 is 0 Å². The van der Waals surface area contributed by atoms with Gasteiger partial charge in [-0.25, -0.2) is 9.37 Å². The Bertz CT molecular complexity index is 718. The van der Waals surface area contributed by atoms with Gasteiger partial charge in [0.15, 0.2) is 0 Å². The van der Waals surface area contributed by atoms with Crippen molar-refractivity contribution in [3.05, 3.63) is 41.0 Å². The molecule has 0 atom stereocenters. The molecule has 2 N–H and O–H groups in total. The fourth-order valence-electron chi connectivity index (χ4n) is 2.60. The maximum absolute atomic E-state index is 13.4. The Hall–Kier alpha value is -2.17. The van der Waals surface area contributed by atoms with Gasteiger partial charge in [-0.15, -0.1) is 0 Å². The van der Waals surface area contributed by atoms with Crippen LogP contribution in [0.5, 0.6) is 0 Å². The molecule has 1 aromatic heterocycles. The quantitative estimate of drug-likeness (QED) is 0.847. The Balaban J connectivity index is 2.05. The van der Waals surface area contributed by atoms with E-state index in [1.54, 1.807) is 19.1 Å². The van der Waals surface area contributed by atoms with Crippen molar-refractivity contribution >= 4 is 5.91 Å². The summed E-state index contributed by atoms with van der Waals surface area (Å²) in [5.41, 5.74) is 2.60. The van der Waals surface area contributed by atoms with Crippen LogP contribution in [0.25, 0.3) is 11.4 Å².